The molecule has 1 heterocycles. The number of thioether (sulfide) groups is 1. The van der Waals surface area contributed by atoms with Crippen LogP contribution in [0.15, 0.2) is 15.5 Å². The monoisotopic (exact) mass is 345 g/mol. The fourth-order valence-corrected chi connectivity index (χ4v) is 2.94. The molecule has 0 aliphatic heterocycles. The Labute approximate surface area is 126 Å². The largest absolute Gasteiger partial charge is 0.379 e. The average molecular weight is 346 g/mol. The van der Waals surface area contributed by atoms with Crippen molar-refractivity contribution in [2.45, 2.75) is 39.3 Å². The van der Waals surface area contributed by atoms with E-state index >= 15 is 0 Å². The van der Waals surface area contributed by atoms with Crippen LogP contribution in [0.25, 0.3) is 0 Å². The van der Waals surface area contributed by atoms with Crippen LogP contribution in [0.1, 0.15) is 26.7 Å². The highest BCUT2D eigenvalue weighted by atomic mass is 79.9. The fraction of sp³-hybridized carbons (Fsp3) is 0.692. The number of rotatable bonds is 7. The van der Waals surface area contributed by atoms with E-state index in [4.69, 9.17) is 0 Å². The molecule has 0 aromatic carbocycles. The van der Waals surface area contributed by atoms with E-state index in [2.05, 4.69) is 40.2 Å². The first-order valence-corrected chi connectivity index (χ1v) is 8.66. The standard InChI is InChI=1S/C13H20BrN3OS/c1-3-19-8-9(2)16-11-6-15-17(7-10-4-5-10)13(18)12(11)14/h6,9-10,16H,3-5,7-8H2,1-2H3. The van der Waals surface area contributed by atoms with Gasteiger partial charge in [-0.2, -0.15) is 16.9 Å². The minimum absolute atomic E-state index is 0.0350. The van der Waals surface area contributed by atoms with Crippen molar-refractivity contribution in [2.24, 2.45) is 5.92 Å². The molecule has 1 unspecified atom stereocenters. The fourth-order valence-electron chi connectivity index (χ4n) is 1.84. The topological polar surface area (TPSA) is 46.9 Å². The van der Waals surface area contributed by atoms with Crippen molar-refractivity contribution < 1.29 is 0 Å². The molecule has 0 saturated heterocycles. The third-order valence-electron chi connectivity index (χ3n) is 3.09. The third-order valence-corrected chi connectivity index (χ3v) is 5.00. The van der Waals surface area contributed by atoms with Gasteiger partial charge in [-0.15, -0.1) is 0 Å². The smallest absolute Gasteiger partial charge is 0.283 e. The Morgan fingerprint density at radius 3 is 3.00 bits per heavy atom. The minimum Gasteiger partial charge on any atom is -0.379 e. The van der Waals surface area contributed by atoms with Crippen LogP contribution in [0, 0.1) is 5.92 Å². The van der Waals surface area contributed by atoms with E-state index < -0.39 is 0 Å². The highest BCUT2D eigenvalue weighted by Crippen LogP contribution is 2.30. The molecule has 4 nitrogen and oxygen atoms in total. The first kappa shape index (κ1) is 14.9. The molecule has 6 heteroatoms. The SMILES string of the molecule is CCSCC(C)Nc1cnn(CC2CC2)c(=O)c1Br. The molecule has 1 aromatic heterocycles. The normalized spacial score (nSPS) is 16.4. The van der Waals surface area contributed by atoms with E-state index in [-0.39, 0.29) is 5.56 Å². The van der Waals surface area contributed by atoms with Gasteiger partial charge in [0.15, 0.2) is 0 Å². The Hall–Kier alpha value is -0.490. The maximum Gasteiger partial charge on any atom is 0.283 e. The van der Waals surface area contributed by atoms with E-state index in [0.717, 1.165) is 23.7 Å². The van der Waals surface area contributed by atoms with Crippen molar-refractivity contribution in [2.75, 3.05) is 16.8 Å². The lowest BCUT2D eigenvalue weighted by molar-refractivity contribution is 0.531. The molecule has 106 valence electrons. The van der Waals surface area contributed by atoms with Crippen molar-refractivity contribution >= 4 is 33.4 Å². The molecule has 1 aliphatic carbocycles. The second kappa shape index (κ2) is 6.79. The van der Waals surface area contributed by atoms with E-state index in [1.807, 2.05) is 11.8 Å². The second-order valence-electron chi connectivity index (χ2n) is 5.01. The van der Waals surface area contributed by atoms with E-state index in [1.54, 1.807) is 10.9 Å². The van der Waals surface area contributed by atoms with E-state index in [9.17, 15) is 4.79 Å². The molecule has 0 bridgehead atoms. The number of nitrogens with zero attached hydrogens (tertiary/aromatic N) is 2. The summed E-state index contributed by atoms with van der Waals surface area (Å²) >= 11 is 5.28. The Bertz CT molecular complexity index is 487. The summed E-state index contributed by atoms with van der Waals surface area (Å²) in [6.07, 6.45) is 4.19. The first-order chi connectivity index (χ1) is 9.11. The molecule has 0 spiro atoms. The zero-order chi connectivity index (χ0) is 13.8. The van der Waals surface area contributed by atoms with Gasteiger partial charge in [-0.05, 0) is 47.4 Å². The maximum absolute atomic E-state index is 12.2. The summed E-state index contributed by atoms with van der Waals surface area (Å²) in [5, 5.41) is 7.60. The van der Waals surface area contributed by atoms with Crippen LogP contribution >= 0.6 is 27.7 Å². The predicted molar refractivity (Wildman–Crippen MR) is 85.0 cm³/mol. The molecule has 1 aliphatic rings. The van der Waals surface area contributed by atoms with Gasteiger partial charge in [-0.3, -0.25) is 4.79 Å². The van der Waals surface area contributed by atoms with Crippen LogP contribution in [0.2, 0.25) is 0 Å². The summed E-state index contributed by atoms with van der Waals surface area (Å²) in [6, 6.07) is 0.321. The summed E-state index contributed by atoms with van der Waals surface area (Å²) in [7, 11) is 0. The van der Waals surface area contributed by atoms with Crippen LogP contribution in [-0.4, -0.2) is 27.3 Å². The predicted octanol–water partition coefficient (Wildman–Crippen LogP) is 2.97. The van der Waals surface area contributed by atoms with Crippen molar-refractivity contribution in [3.63, 3.8) is 0 Å². The second-order valence-corrected chi connectivity index (χ2v) is 7.12. The first-order valence-electron chi connectivity index (χ1n) is 6.71. The highest BCUT2D eigenvalue weighted by molar-refractivity contribution is 9.10. The number of hydrogen-bond acceptors (Lipinski definition) is 4. The molecular weight excluding hydrogens is 326 g/mol. The Morgan fingerprint density at radius 1 is 1.63 bits per heavy atom. The van der Waals surface area contributed by atoms with Crippen LogP contribution in [0.3, 0.4) is 0 Å². The Morgan fingerprint density at radius 2 is 2.37 bits per heavy atom. The molecule has 0 amide bonds. The van der Waals surface area contributed by atoms with Gasteiger partial charge in [-0.25, -0.2) is 4.68 Å². The quantitative estimate of drug-likeness (QED) is 0.825. The molecule has 0 radical (unpaired) electrons. The van der Waals surface area contributed by atoms with Gasteiger partial charge in [0.2, 0.25) is 0 Å². The molecule has 19 heavy (non-hydrogen) atoms. The van der Waals surface area contributed by atoms with Crippen LogP contribution < -0.4 is 10.9 Å². The zero-order valence-electron chi connectivity index (χ0n) is 11.4. The molecule has 1 fully saturated rings. The summed E-state index contributed by atoms with van der Waals surface area (Å²) < 4.78 is 2.16. The lowest BCUT2D eigenvalue weighted by Gasteiger charge is -2.16. The maximum atomic E-state index is 12.2. The Balaban J connectivity index is 2.04. The molecule has 1 aromatic rings. The minimum atomic E-state index is -0.0350. The zero-order valence-corrected chi connectivity index (χ0v) is 13.8. The van der Waals surface area contributed by atoms with Crippen molar-refractivity contribution in [1.82, 2.24) is 9.78 Å². The molecule has 1 N–H and O–H groups in total. The van der Waals surface area contributed by atoms with Crippen molar-refractivity contribution in [3.05, 3.63) is 21.0 Å². The number of halogens is 1. The lowest BCUT2D eigenvalue weighted by Crippen LogP contribution is -2.27. The highest BCUT2D eigenvalue weighted by Gasteiger charge is 2.23. The summed E-state index contributed by atoms with van der Waals surface area (Å²) in [4.78, 5) is 12.2. The van der Waals surface area contributed by atoms with Crippen molar-refractivity contribution in [1.29, 1.82) is 0 Å². The summed E-state index contributed by atoms with van der Waals surface area (Å²) in [5.41, 5.74) is 0.758. The third kappa shape index (κ3) is 4.24. The van der Waals surface area contributed by atoms with Gasteiger partial charge in [0, 0.05) is 18.3 Å². The van der Waals surface area contributed by atoms with Crippen LogP contribution in [0.5, 0.6) is 0 Å². The molecule has 1 saturated carbocycles. The number of nitrogens with one attached hydrogen (secondary N) is 1. The van der Waals surface area contributed by atoms with Gasteiger partial charge >= 0.3 is 0 Å². The molecular formula is C13H20BrN3OS. The van der Waals surface area contributed by atoms with E-state index in [1.165, 1.54) is 12.8 Å². The van der Waals surface area contributed by atoms with E-state index in [0.29, 0.717) is 16.4 Å². The van der Waals surface area contributed by atoms with Gasteiger partial charge in [-0.1, -0.05) is 6.92 Å². The van der Waals surface area contributed by atoms with Crippen LogP contribution in [-0.2, 0) is 6.54 Å². The van der Waals surface area contributed by atoms with Gasteiger partial charge in [0.1, 0.15) is 4.47 Å². The number of aromatic nitrogens is 2. The Kier molecular flexibility index (Phi) is 5.33. The molecule has 1 atom stereocenters. The average Bonchev–Trinajstić information content (AvgIpc) is 3.20. The van der Waals surface area contributed by atoms with Gasteiger partial charge in [0.25, 0.3) is 5.56 Å². The van der Waals surface area contributed by atoms with Gasteiger partial charge in [0.05, 0.1) is 11.9 Å². The van der Waals surface area contributed by atoms with Crippen LogP contribution in [0.4, 0.5) is 5.69 Å². The lowest BCUT2D eigenvalue weighted by atomic mass is 10.3. The molecule has 2 rings (SSSR count). The summed E-state index contributed by atoms with van der Waals surface area (Å²) in [6.45, 7) is 5.01. The number of anilines is 1. The van der Waals surface area contributed by atoms with Gasteiger partial charge < -0.3 is 5.32 Å². The number of hydrogen-bond donors (Lipinski definition) is 1. The summed E-state index contributed by atoms with van der Waals surface area (Å²) in [5.74, 6) is 2.78. The van der Waals surface area contributed by atoms with Crippen molar-refractivity contribution in [3.8, 4) is 0 Å².